The summed E-state index contributed by atoms with van der Waals surface area (Å²) in [4.78, 5) is 0. The van der Waals surface area contributed by atoms with Crippen molar-refractivity contribution in [2.75, 3.05) is 14.2 Å². The van der Waals surface area contributed by atoms with E-state index in [1.165, 1.54) is 77.0 Å². The molecule has 3 atom stereocenters. The zero-order valence-electron chi connectivity index (χ0n) is 15.6. The van der Waals surface area contributed by atoms with Crippen LogP contribution < -0.4 is 0 Å². The Labute approximate surface area is 144 Å². The zero-order chi connectivity index (χ0) is 16.5. The summed E-state index contributed by atoms with van der Waals surface area (Å²) in [5, 5.41) is 0. The molecule has 0 aromatic rings. The molecule has 1 aliphatic heterocycles. The maximum absolute atomic E-state index is 5.62. The van der Waals surface area contributed by atoms with Gasteiger partial charge in [0.15, 0.2) is 0 Å². The van der Waals surface area contributed by atoms with Gasteiger partial charge in [0.2, 0.25) is 0 Å². The van der Waals surface area contributed by atoms with E-state index in [-0.39, 0.29) is 0 Å². The predicted molar refractivity (Wildman–Crippen MR) is 98.0 cm³/mol. The van der Waals surface area contributed by atoms with Crippen molar-refractivity contribution in [2.45, 2.75) is 102 Å². The zero-order valence-corrected chi connectivity index (χ0v) is 16.6. The van der Waals surface area contributed by atoms with Crippen molar-refractivity contribution in [3.63, 3.8) is 0 Å². The first-order valence-corrected chi connectivity index (χ1v) is 12.4. The molecule has 136 valence electrons. The fraction of sp³-hybridized carbons (Fsp3) is 1.00. The van der Waals surface area contributed by atoms with Gasteiger partial charge in [-0.3, -0.25) is 0 Å². The average molecular weight is 343 g/mol. The maximum atomic E-state index is 5.62. The molecule has 0 amide bonds. The average Bonchev–Trinajstić information content (AvgIpc) is 3.35. The van der Waals surface area contributed by atoms with Gasteiger partial charge >= 0.3 is 8.56 Å². The normalized spacial score (nSPS) is 27.0. The lowest BCUT2D eigenvalue weighted by atomic mass is 9.85. The van der Waals surface area contributed by atoms with Gasteiger partial charge in [-0.15, -0.1) is 0 Å². The first-order valence-electron chi connectivity index (χ1n) is 9.92. The summed E-state index contributed by atoms with van der Waals surface area (Å²) >= 11 is 0. The van der Waals surface area contributed by atoms with Gasteiger partial charge in [0, 0.05) is 14.2 Å². The Bertz CT molecular complexity index is 320. The molecule has 1 saturated carbocycles. The summed E-state index contributed by atoms with van der Waals surface area (Å²) in [7, 11) is 1.77. The second kappa shape index (κ2) is 10.2. The number of epoxide rings is 1. The summed E-state index contributed by atoms with van der Waals surface area (Å²) in [5.74, 6) is 0.971. The van der Waals surface area contributed by atoms with Crippen LogP contribution in [0.3, 0.4) is 0 Å². The van der Waals surface area contributed by atoms with Crippen molar-refractivity contribution in [3.05, 3.63) is 0 Å². The van der Waals surface area contributed by atoms with E-state index in [1.807, 2.05) is 0 Å². The molecule has 2 rings (SSSR count). The highest BCUT2D eigenvalue weighted by molar-refractivity contribution is 6.65. The van der Waals surface area contributed by atoms with Crippen LogP contribution in [-0.4, -0.2) is 35.0 Å². The minimum atomic E-state index is -1.81. The summed E-state index contributed by atoms with van der Waals surface area (Å²) in [6.07, 6.45) is 18.0. The minimum Gasteiger partial charge on any atom is -0.398 e. The van der Waals surface area contributed by atoms with E-state index in [2.05, 4.69) is 6.55 Å². The van der Waals surface area contributed by atoms with Crippen LogP contribution in [0.1, 0.15) is 77.0 Å². The summed E-state index contributed by atoms with van der Waals surface area (Å²) in [6, 6.07) is 1.13. The smallest absolute Gasteiger partial charge is 0.334 e. The number of hydrogen-bond acceptors (Lipinski definition) is 3. The van der Waals surface area contributed by atoms with Crippen LogP contribution in [0.25, 0.3) is 0 Å². The third-order valence-electron chi connectivity index (χ3n) is 5.97. The molecule has 0 aromatic heterocycles. The lowest BCUT2D eigenvalue weighted by Crippen LogP contribution is -2.35. The van der Waals surface area contributed by atoms with Crippen LogP contribution in [0.15, 0.2) is 0 Å². The van der Waals surface area contributed by atoms with Gasteiger partial charge in [-0.25, -0.2) is 0 Å². The minimum absolute atomic E-state index is 0.662. The molecular formula is C19H38O3Si. The van der Waals surface area contributed by atoms with Gasteiger partial charge in [0.25, 0.3) is 0 Å². The molecule has 0 N–H and O–H groups in total. The topological polar surface area (TPSA) is 31.0 Å². The van der Waals surface area contributed by atoms with Gasteiger partial charge in [-0.1, -0.05) is 57.8 Å². The molecule has 0 radical (unpaired) electrons. The van der Waals surface area contributed by atoms with Crippen LogP contribution in [0, 0.1) is 5.92 Å². The summed E-state index contributed by atoms with van der Waals surface area (Å²) in [6.45, 7) is 2.16. The molecule has 3 nitrogen and oxygen atoms in total. The van der Waals surface area contributed by atoms with E-state index in [0.29, 0.717) is 12.2 Å². The number of rotatable bonds is 13. The van der Waals surface area contributed by atoms with Crippen molar-refractivity contribution < 1.29 is 13.6 Å². The van der Waals surface area contributed by atoms with Crippen molar-refractivity contribution in [1.82, 2.24) is 0 Å². The van der Waals surface area contributed by atoms with Crippen LogP contribution >= 0.6 is 0 Å². The molecular weight excluding hydrogens is 304 g/mol. The predicted octanol–water partition coefficient (Wildman–Crippen LogP) is 5.43. The third kappa shape index (κ3) is 7.25. The van der Waals surface area contributed by atoms with E-state index in [0.717, 1.165) is 12.0 Å². The fourth-order valence-electron chi connectivity index (χ4n) is 3.98. The fourth-order valence-corrected chi connectivity index (χ4v) is 5.44. The number of ether oxygens (including phenoxy) is 1. The van der Waals surface area contributed by atoms with E-state index in [9.17, 15) is 0 Å². The van der Waals surface area contributed by atoms with Crippen molar-refractivity contribution in [1.29, 1.82) is 0 Å². The molecule has 23 heavy (non-hydrogen) atoms. The van der Waals surface area contributed by atoms with Crippen molar-refractivity contribution >= 4 is 8.56 Å². The monoisotopic (exact) mass is 342 g/mol. The lowest BCUT2D eigenvalue weighted by molar-refractivity contribution is 0.248. The number of fused-ring (bicyclic) bond motifs is 1. The van der Waals surface area contributed by atoms with Crippen molar-refractivity contribution in [3.8, 4) is 0 Å². The molecule has 2 fully saturated rings. The lowest BCUT2D eigenvalue weighted by Gasteiger charge is -2.22. The molecule has 3 unspecified atom stereocenters. The highest BCUT2D eigenvalue weighted by Crippen LogP contribution is 2.41. The Hall–Kier alpha value is 0.0969. The second-order valence-corrected chi connectivity index (χ2v) is 11.4. The SMILES string of the molecule is CO[Si](C)(CCCCCCCCCCC1CCC2OC2C1)OC. The van der Waals surface area contributed by atoms with Gasteiger partial charge in [0.05, 0.1) is 12.2 Å². The molecule has 4 heteroatoms. The van der Waals surface area contributed by atoms with Crippen molar-refractivity contribution in [2.24, 2.45) is 5.92 Å². The largest absolute Gasteiger partial charge is 0.398 e. The Morgan fingerprint density at radius 1 is 0.826 bits per heavy atom. The molecule has 1 saturated heterocycles. The Morgan fingerprint density at radius 3 is 2.04 bits per heavy atom. The van der Waals surface area contributed by atoms with Gasteiger partial charge in [-0.05, 0) is 37.8 Å². The van der Waals surface area contributed by atoms with Crippen LogP contribution in [0.4, 0.5) is 0 Å². The molecule has 0 bridgehead atoms. The quantitative estimate of drug-likeness (QED) is 0.254. The first kappa shape index (κ1) is 19.4. The second-order valence-electron chi connectivity index (χ2n) is 7.80. The van der Waals surface area contributed by atoms with Gasteiger partial charge in [-0.2, -0.15) is 0 Å². The molecule has 1 heterocycles. The number of unbranched alkanes of at least 4 members (excludes halogenated alkanes) is 7. The van der Waals surface area contributed by atoms with Crippen LogP contribution in [-0.2, 0) is 13.6 Å². The van der Waals surface area contributed by atoms with Crippen LogP contribution in [0.2, 0.25) is 12.6 Å². The Morgan fingerprint density at radius 2 is 1.43 bits per heavy atom. The molecule has 1 aliphatic carbocycles. The number of hydrogen-bond donors (Lipinski definition) is 0. The maximum Gasteiger partial charge on any atom is 0.334 e. The van der Waals surface area contributed by atoms with Gasteiger partial charge in [0.1, 0.15) is 0 Å². The van der Waals surface area contributed by atoms with Gasteiger partial charge < -0.3 is 13.6 Å². The Balaban J connectivity index is 1.33. The summed E-state index contributed by atoms with van der Waals surface area (Å²) < 4.78 is 16.7. The summed E-state index contributed by atoms with van der Waals surface area (Å²) in [5.41, 5.74) is 0. The Kier molecular flexibility index (Phi) is 8.59. The standard InChI is InChI=1S/C19H38O3Si/c1-20-23(3,21-2)15-11-9-7-5-4-6-8-10-12-17-13-14-18-19(16-17)22-18/h17-19H,4-16H2,1-3H3. The molecule has 0 spiro atoms. The third-order valence-corrected chi connectivity index (χ3v) is 8.96. The highest BCUT2D eigenvalue weighted by Gasteiger charge is 2.43. The molecule has 2 aliphatic rings. The van der Waals surface area contributed by atoms with E-state index >= 15 is 0 Å². The van der Waals surface area contributed by atoms with Crippen LogP contribution in [0.5, 0.6) is 0 Å². The van der Waals surface area contributed by atoms with E-state index in [4.69, 9.17) is 13.6 Å². The first-order chi connectivity index (χ1) is 11.2. The van der Waals surface area contributed by atoms with E-state index in [1.54, 1.807) is 14.2 Å². The highest BCUT2D eigenvalue weighted by atomic mass is 28.4. The van der Waals surface area contributed by atoms with E-state index < -0.39 is 8.56 Å². The molecule has 0 aromatic carbocycles.